The molecule has 1 aliphatic heterocycles. The van der Waals surface area contributed by atoms with Crippen LogP contribution in [0, 0.1) is 0 Å². The molecule has 1 saturated heterocycles. The molecular weight excluding hydrogens is 285 g/mol. The number of hydrogen-bond acceptors (Lipinski definition) is 4. The van der Waals surface area contributed by atoms with Crippen LogP contribution >= 0.6 is 23.2 Å². The van der Waals surface area contributed by atoms with Gasteiger partial charge in [-0.25, -0.2) is 4.98 Å². The summed E-state index contributed by atoms with van der Waals surface area (Å²) >= 11 is 12.3. The van der Waals surface area contributed by atoms with Gasteiger partial charge in [0, 0.05) is 20.1 Å². The van der Waals surface area contributed by atoms with Crippen LogP contribution in [-0.2, 0) is 4.74 Å². The summed E-state index contributed by atoms with van der Waals surface area (Å²) in [5, 5.41) is 4.06. The summed E-state index contributed by atoms with van der Waals surface area (Å²) in [6, 6.07) is 1.73. The van der Waals surface area contributed by atoms with Gasteiger partial charge in [0.15, 0.2) is 0 Å². The first-order chi connectivity index (χ1) is 8.82. The summed E-state index contributed by atoms with van der Waals surface area (Å²) in [5.41, 5.74) is -0.220. The average molecular weight is 304 g/mol. The van der Waals surface area contributed by atoms with Gasteiger partial charge in [-0.2, -0.15) is 0 Å². The van der Waals surface area contributed by atoms with E-state index in [1.165, 1.54) is 0 Å². The molecular formula is C13H19Cl2N3O. The van der Waals surface area contributed by atoms with E-state index in [-0.39, 0.29) is 11.7 Å². The van der Waals surface area contributed by atoms with Gasteiger partial charge in [-0.15, -0.1) is 0 Å². The van der Waals surface area contributed by atoms with Crippen molar-refractivity contribution in [2.45, 2.75) is 32.5 Å². The maximum atomic E-state index is 6.28. The Kier molecular flexibility index (Phi) is 4.14. The average Bonchev–Trinajstić information content (AvgIpc) is 2.26. The second kappa shape index (κ2) is 5.35. The molecule has 1 aliphatic rings. The van der Waals surface area contributed by atoms with E-state index in [0.717, 1.165) is 18.9 Å². The number of hydrogen-bond donors (Lipinski definition) is 1. The monoisotopic (exact) mass is 303 g/mol. The standard InChI is InChI=1S/C13H19Cl2N3O/c1-8-6-18(7-13(2,3)19-8)12-10(15)5-9(14)11(16-4)17-12/h5,8H,6-7H2,1-4H3,(H,16,17). The minimum absolute atomic E-state index is 0.135. The first-order valence-electron chi connectivity index (χ1n) is 6.29. The minimum Gasteiger partial charge on any atom is -0.372 e. The zero-order chi connectivity index (χ0) is 14.2. The fraction of sp³-hybridized carbons (Fsp3) is 0.615. The van der Waals surface area contributed by atoms with Crippen LogP contribution in [0.2, 0.25) is 10.0 Å². The zero-order valence-electron chi connectivity index (χ0n) is 11.6. The lowest BCUT2D eigenvalue weighted by Gasteiger charge is -2.42. The molecule has 0 bridgehead atoms. The van der Waals surface area contributed by atoms with Crippen LogP contribution in [0.1, 0.15) is 20.8 Å². The Morgan fingerprint density at radius 1 is 1.42 bits per heavy atom. The van der Waals surface area contributed by atoms with Gasteiger partial charge in [0.05, 0.1) is 21.8 Å². The van der Waals surface area contributed by atoms with Crippen molar-refractivity contribution in [2.24, 2.45) is 0 Å². The van der Waals surface area contributed by atoms with E-state index in [1.807, 2.05) is 0 Å². The third-order valence-corrected chi connectivity index (χ3v) is 3.58. The Morgan fingerprint density at radius 3 is 2.68 bits per heavy atom. The molecule has 0 aliphatic carbocycles. The largest absolute Gasteiger partial charge is 0.372 e. The maximum Gasteiger partial charge on any atom is 0.150 e. The van der Waals surface area contributed by atoms with Gasteiger partial charge < -0.3 is 15.0 Å². The lowest BCUT2D eigenvalue weighted by molar-refractivity contribution is -0.0751. The lowest BCUT2D eigenvalue weighted by atomic mass is 10.1. The summed E-state index contributed by atoms with van der Waals surface area (Å²) in [6.07, 6.45) is 0.135. The number of morpholine rings is 1. The SMILES string of the molecule is CNc1nc(N2CC(C)OC(C)(C)C2)c(Cl)cc1Cl. The maximum absolute atomic E-state index is 6.28. The molecule has 1 N–H and O–H groups in total. The predicted molar refractivity (Wildman–Crippen MR) is 80.6 cm³/mol. The molecule has 1 unspecified atom stereocenters. The minimum atomic E-state index is -0.220. The van der Waals surface area contributed by atoms with Crippen molar-refractivity contribution in [3.05, 3.63) is 16.1 Å². The molecule has 19 heavy (non-hydrogen) atoms. The van der Waals surface area contributed by atoms with Crippen molar-refractivity contribution in [1.29, 1.82) is 0 Å². The number of nitrogens with one attached hydrogen (secondary N) is 1. The Labute approximate surface area is 124 Å². The van der Waals surface area contributed by atoms with Crippen molar-refractivity contribution >= 4 is 34.8 Å². The lowest BCUT2D eigenvalue weighted by Crippen LogP contribution is -2.52. The van der Waals surface area contributed by atoms with Crippen molar-refractivity contribution in [3.63, 3.8) is 0 Å². The number of anilines is 2. The molecule has 6 heteroatoms. The van der Waals surface area contributed by atoms with E-state index in [4.69, 9.17) is 27.9 Å². The van der Waals surface area contributed by atoms with Crippen molar-refractivity contribution in [1.82, 2.24) is 4.98 Å². The van der Waals surface area contributed by atoms with Gasteiger partial charge >= 0.3 is 0 Å². The molecule has 4 nitrogen and oxygen atoms in total. The van der Waals surface area contributed by atoms with E-state index in [9.17, 15) is 0 Å². The second-order valence-corrected chi connectivity index (χ2v) is 6.26. The molecule has 1 aromatic heterocycles. The molecule has 0 amide bonds. The highest BCUT2D eigenvalue weighted by atomic mass is 35.5. The molecule has 2 heterocycles. The summed E-state index contributed by atoms with van der Waals surface area (Å²) in [4.78, 5) is 6.66. The van der Waals surface area contributed by atoms with Crippen LogP contribution < -0.4 is 10.2 Å². The molecule has 1 aromatic rings. The first kappa shape index (κ1) is 14.7. The highest BCUT2D eigenvalue weighted by molar-refractivity contribution is 6.37. The van der Waals surface area contributed by atoms with E-state index < -0.39 is 0 Å². The Balaban J connectivity index is 2.35. The number of pyridine rings is 1. The third kappa shape index (κ3) is 3.25. The molecule has 1 atom stereocenters. The van der Waals surface area contributed by atoms with Crippen LogP contribution in [0.15, 0.2) is 6.07 Å². The third-order valence-electron chi connectivity index (χ3n) is 3.02. The summed E-state index contributed by atoms with van der Waals surface area (Å²) in [7, 11) is 1.79. The summed E-state index contributed by atoms with van der Waals surface area (Å²) in [6.45, 7) is 7.70. The number of ether oxygens (including phenoxy) is 1. The number of rotatable bonds is 2. The number of aromatic nitrogens is 1. The molecule has 0 saturated carbocycles. The Hall–Kier alpha value is -0.710. The normalized spacial score (nSPS) is 22.4. The van der Waals surface area contributed by atoms with Crippen LogP contribution in [0.3, 0.4) is 0 Å². The van der Waals surface area contributed by atoms with E-state index >= 15 is 0 Å². The summed E-state index contributed by atoms with van der Waals surface area (Å²) < 4.78 is 5.89. The van der Waals surface area contributed by atoms with Gasteiger partial charge in [-0.05, 0) is 26.8 Å². The van der Waals surface area contributed by atoms with Crippen molar-refractivity contribution in [3.8, 4) is 0 Å². The van der Waals surface area contributed by atoms with E-state index in [0.29, 0.717) is 15.9 Å². The van der Waals surface area contributed by atoms with Crippen LogP contribution in [0.4, 0.5) is 11.6 Å². The quantitative estimate of drug-likeness (QED) is 0.908. The topological polar surface area (TPSA) is 37.4 Å². The molecule has 0 radical (unpaired) electrons. The first-order valence-corrected chi connectivity index (χ1v) is 7.04. The molecule has 0 aromatic carbocycles. The predicted octanol–water partition coefficient (Wildman–Crippen LogP) is 3.43. The smallest absolute Gasteiger partial charge is 0.150 e. The van der Waals surface area contributed by atoms with Gasteiger partial charge in [-0.3, -0.25) is 0 Å². The molecule has 0 spiro atoms. The summed E-state index contributed by atoms with van der Waals surface area (Å²) in [5.74, 6) is 1.39. The Bertz CT molecular complexity index is 479. The van der Waals surface area contributed by atoms with Gasteiger partial charge in [-0.1, -0.05) is 23.2 Å². The fourth-order valence-corrected chi connectivity index (χ4v) is 3.04. The molecule has 106 valence electrons. The van der Waals surface area contributed by atoms with Crippen LogP contribution in [-0.4, -0.2) is 36.8 Å². The van der Waals surface area contributed by atoms with E-state index in [2.05, 4.69) is 36.0 Å². The highest BCUT2D eigenvalue weighted by Gasteiger charge is 2.33. The van der Waals surface area contributed by atoms with Gasteiger partial charge in [0.25, 0.3) is 0 Å². The van der Waals surface area contributed by atoms with Crippen LogP contribution in [0.25, 0.3) is 0 Å². The van der Waals surface area contributed by atoms with Gasteiger partial charge in [0.2, 0.25) is 0 Å². The van der Waals surface area contributed by atoms with Crippen LogP contribution in [0.5, 0.6) is 0 Å². The van der Waals surface area contributed by atoms with E-state index in [1.54, 1.807) is 13.1 Å². The van der Waals surface area contributed by atoms with Gasteiger partial charge in [0.1, 0.15) is 11.6 Å². The number of nitrogens with zero attached hydrogens (tertiary/aromatic N) is 2. The highest BCUT2D eigenvalue weighted by Crippen LogP contribution is 2.34. The number of halogens is 2. The van der Waals surface area contributed by atoms with Crippen molar-refractivity contribution < 1.29 is 4.74 Å². The second-order valence-electron chi connectivity index (χ2n) is 5.44. The molecule has 1 fully saturated rings. The fourth-order valence-electron chi connectivity index (χ4n) is 2.47. The zero-order valence-corrected chi connectivity index (χ0v) is 13.1. The molecule has 2 rings (SSSR count). The Morgan fingerprint density at radius 2 is 2.11 bits per heavy atom. The van der Waals surface area contributed by atoms with Crippen molar-refractivity contribution in [2.75, 3.05) is 30.4 Å².